The van der Waals surface area contributed by atoms with Gasteiger partial charge in [-0.1, -0.05) is 6.07 Å². The van der Waals surface area contributed by atoms with Crippen LogP contribution in [0.4, 0.5) is 5.82 Å². The van der Waals surface area contributed by atoms with Gasteiger partial charge in [-0.2, -0.15) is 0 Å². The number of anilines is 1. The topological polar surface area (TPSA) is 99.7 Å². The van der Waals surface area contributed by atoms with Crippen LogP contribution in [0.3, 0.4) is 0 Å². The van der Waals surface area contributed by atoms with Gasteiger partial charge in [-0.3, -0.25) is 9.78 Å². The molecule has 0 saturated carbocycles. The van der Waals surface area contributed by atoms with Crippen LogP contribution >= 0.6 is 0 Å². The Hall–Kier alpha value is -4.01. The summed E-state index contributed by atoms with van der Waals surface area (Å²) in [4.78, 5) is 25.9. The first-order chi connectivity index (χ1) is 15.0. The fourth-order valence-electron chi connectivity index (χ4n) is 3.21. The number of ether oxygens (including phenoxy) is 1. The van der Waals surface area contributed by atoms with Gasteiger partial charge in [0.1, 0.15) is 11.4 Å². The van der Waals surface area contributed by atoms with Crippen molar-refractivity contribution in [2.75, 3.05) is 12.4 Å². The molecular formula is C22H23N7O2. The lowest BCUT2D eigenvalue weighted by atomic mass is 10.2. The summed E-state index contributed by atoms with van der Waals surface area (Å²) in [6.45, 7) is 6.09. The molecule has 9 heteroatoms. The number of nitrogens with one attached hydrogen (secondary N) is 1. The van der Waals surface area contributed by atoms with Crippen molar-refractivity contribution < 1.29 is 9.53 Å². The molecule has 1 N–H and O–H groups in total. The molecule has 0 aliphatic heterocycles. The number of carbonyl (C=O) groups excluding carboxylic acids is 1. The Kier molecular flexibility index (Phi) is 5.48. The Labute approximate surface area is 179 Å². The zero-order valence-electron chi connectivity index (χ0n) is 17.8. The first-order valence-corrected chi connectivity index (χ1v) is 9.82. The van der Waals surface area contributed by atoms with E-state index in [1.807, 2.05) is 29.7 Å². The lowest BCUT2D eigenvalue weighted by Gasteiger charge is -2.12. The van der Waals surface area contributed by atoms with E-state index in [0.29, 0.717) is 11.4 Å². The Morgan fingerprint density at radius 1 is 1.16 bits per heavy atom. The van der Waals surface area contributed by atoms with Gasteiger partial charge < -0.3 is 14.6 Å². The van der Waals surface area contributed by atoms with Gasteiger partial charge in [0.15, 0.2) is 0 Å². The van der Waals surface area contributed by atoms with Crippen LogP contribution in [0.25, 0.3) is 17.1 Å². The highest BCUT2D eigenvalue weighted by molar-refractivity contribution is 6.05. The molecule has 4 aromatic rings. The largest absolute Gasteiger partial charge is 0.479 e. The molecule has 0 atom stereocenters. The highest BCUT2D eigenvalue weighted by Gasteiger charge is 2.19. The van der Waals surface area contributed by atoms with E-state index in [1.165, 1.54) is 7.11 Å². The fraction of sp³-hybridized carbons (Fsp3) is 0.227. The molecule has 0 aliphatic carbocycles. The summed E-state index contributed by atoms with van der Waals surface area (Å²) in [5, 5.41) is 7.19. The van der Waals surface area contributed by atoms with E-state index in [1.54, 1.807) is 41.9 Å². The predicted octanol–water partition coefficient (Wildman–Crippen LogP) is 3.68. The second-order valence-corrected chi connectivity index (χ2v) is 7.36. The molecule has 1 amide bonds. The van der Waals surface area contributed by atoms with Crippen LogP contribution in [-0.2, 0) is 0 Å². The molecule has 9 nitrogen and oxygen atoms in total. The molecule has 31 heavy (non-hydrogen) atoms. The summed E-state index contributed by atoms with van der Waals surface area (Å²) in [5.41, 5.74) is 3.61. The fourth-order valence-corrected chi connectivity index (χ4v) is 3.21. The Morgan fingerprint density at radius 2 is 2.00 bits per heavy atom. The molecule has 0 fully saturated rings. The number of hydrogen-bond donors (Lipinski definition) is 1. The third-order valence-electron chi connectivity index (χ3n) is 4.72. The van der Waals surface area contributed by atoms with Gasteiger partial charge in [-0.05, 0) is 44.5 Å². The van der Waals surface area contributed by atoms with Crippen LogP contribution < -0.4 is 10.1 Å². The molecule has 0 saturated heterocycles. The third kappa shape index (κ3) is 4.16. The summed E-state index contributed by atoms with van der Waals surface area (Å²) >= 11 is 0. The standard InChI is InChI=1S/C22H23N7O2/c1-14(2)28-13-24-11-19(28)18-6-5-7-20(25-18)26-21(30)17-12-29(27-22(17)31-4)16-8-15(3)9-23-10-16/h5-14H,1-4H3,(H,25,26,30). The molecule has 4 aromatic heterocycles. The van der Waals surface area contributed by atoms with Gasteiger partial charge in [-0.15, -0.1) is 5.10 Å². The minimum Gasteiger partial charge on any atom is -0.479 e. The molecule has 0 spiro atoms. The number of methoxy groups -OCH3 is 1. The second-order valence-electron chi connectivity index (χ2n) is 7.36. The maximum absolute atomic E-state index is 13.0. The van der Waals surface area contributed by atoms with E-state index in [-0.39, 0.29) is 17.8 Å². The number of aryl methyl sites for hydroxylation is 1. The molecule has 0 aliphatic rings. The van der Waals surface area contributed by atoms with Gasteiger partial charge >= 0.3 is 0 Å². The first kappa shape index (κ1) is 20.3. The maximum atomic E-state index is 13.0. The quantitative estimate of drug-likeness (QED) is 0.514. The summed E-state index contributed by atoms with van der Waals surface area (Å²) in [6, 6.07) is 7.62. The Bertz CT molecular complexity index is 1230. The lowest BCUT2D eigenvalue weighted by molar-refractivity contribution is 0.102. The molecule has 0 aromatic carbocycles. The molecule has 158 valence electrons. The second kappa shape index (κ2) is 8.39. The van der Waals surface area contributed by atoms with Crippen molar-refractivity contribution in [3.05, 3.63) is 66.5 Å². The van der Waals surface area contributed by atoms with Crippen LogP contribution in [0.15, 0.2) is 55.4 Å². The molecule has 4 heterocycles. The van der Waals surface area contributed by atoms with Crippen molar-refractivity contribution in [1.82, 2.24) is 29.3 Å². The van der Waals surface area contributed by atoms with Crippen LogP contribution in [-0.4, -0.2) is 42.3 Å². The summed E-state index contributed by atoms with van der Waals surface area (Å²) in [5.74, 6) is 0.268. The monoisotopic (exact) mass is 417 g/mol. The van der Waals surface area contributed by atoms with Crippen molar-refractivity contribution >= 4 is 11.7 Å². The molecule has 0 unspecified atom stereocenters. The van der Waals surface area contributed by atoms with Gasteiger partial charge in [-0.25, -0.2) is 14.6 Å². The highest BCUT2D eigenvalue weighted by Crippen LogP contribution is 2.23. The van der Waals surface area contributed by atoms with Gasteiger partial charge in [0.2, 0.25) is 5.88 Å². The van der Waals surface area contributed by atoms with Crippen LogP contribution in [0.1, 0.15) is 35.8 Å². The molecule has 0 bridgehead atoms. The predicted molar refractivity (Wildman–Crippen MR) is 116 cm³/mol. The van der Waals surface area contributed by atoms with Gasteiger partial charge in [0.25, 0.3) is 5.91 Å². The zero-order valence-corrected chi connectivity index (χ0v) is 17.8. The van der Waals surface area contributed by atoms with Crippen molar-refractivity contribution in [3.63, 3.8) is 0 Å². The van der Waals surface area contributed by atoms with Gasteiger partial charge in [0, 0.05) is 18.4 Å². The Morgan fingerprint density at radius 3 is 2.74 bits per heavy atom. The number of aromatic nitrogens is 6. The minimum atomic E-state index is -0.370. The first-order valence-electron chi connectivity index (χ1n) is 9.82. The Balaban J connectivity index is 1.61. The van der Waals surface area contributed by atoms with E-state index in [0.717, 1.165) is 22.6 Å². The summed E-state index contributed by atoms with van der Waals surface area (Å²) < 4.78 is 8.91. The SMILES string of the molecule is COc1nn(-c2cncc(C)c2)cc1C(=O)Nc1cccc(-c2cncn2C(C)C)n1. The number of amides is 1. The van der Waals surface area contributed by atoms with E-state index in [4.69, 9.17) is 4.74 Å². The van der Waals surface area contributed by atoms with Crippen molar-refractivity contribution in [3.8, 4) is 23.0 Å². The average Bonchev–Trinajstić information content (AvgIpc) is 3.41. The number of imidazole rings is 1. The summed E-state index contributed by atoms with van der Waals surface area (Å²) in [6.07, 6.45) is 8.57. The zero-order chi connectivity index (χ0) is 22.0. The minimum absolute atomic E-state index is 0.216. The van der Waals surface area contributed by atoms with Crippen molar-refractivity contribution in [2.24, 2.45) is 0 Å². The van der Waals surface area contributed by atoms with E-state index in [2.05, 4.69) is 39.2 Å². The highest BCUT2D eigenvalue weighted by atomic mass is 16.5. The summed E-state index contributed by atoms with van der Waals surface area (Å²) in [7, 11) is 1.48. The number of rotatable bonds is 6. The van der Waals surface area contributed by atoms with E-state index < -0.39 is 0 Å². The third-order valence-corrected chi connectivity index (χ3v) is 4.72. The van der Waals surface area contributed by atoms with Crippen molar-refractivity contribution in [2.45, 2.75) is 26.8 Å². The molecule has 0 radical (unpaired) electrons. The molecule has 4 rings (SSSR count). The number of carbonyl (C=O) groups is 1. The van der Waals surface area contributed by atoms with Crippen molar-refractivity contribution in [1.29, 1.82) is 0 Å². The number of pyridine rings is 2. The number of nitrogens with zero attached hydrogens (tertiary/aromatic N) is 6. The van der Waals surface area contributed by atoms with Crippen LogP contribution in [0.2, 0.25) is 0 Å². The number of hydrogen-bond acceptors (Lipinski definition) is 6. The average molecular weight is 417 g/mol. The smallest absolute Gasteiger partial charge is 0.263 e. The van der Waals surface area contributed by atoms with Gasteiger partial charge in [0.05, 0.1) is 42.9 Å². The lowest BCUT2D eigenvalue weighted by Crippen LogP contribution is -2.13. The van der Waals surface area contributed by atoms with Crippen LogP contribution in [0, 0.1) is 6.92 Å². The van der Waals surface area contributed by atoms with Crippen LogP contribution in [0.5, 0.6) is 5.88 Å². The molecular weight excluding hydrogens is 394 g/mol. The maximum Gasteiger partial charge on any atom is 0.263 e. The van der Waals surface area contributed by atoms with E-state index in [9.17, 15) is 4.79 Å². The van der Waals surface area contributed by atoms with E-state index >= 15 is 0 Å². The normalized spacial score (nSPS) is 11.0.